The van der Waals surface area contributed by atoms with Crippen molar-refractivity contribution < 1.29 is 35.9 Å². The van der Waals surface area contributed by atoms with E-state index in [1.165, 1.54) is 6.92 Å². The van der Waals surface area contributed by atoms with E-state index < -0.39 is 41.1 Å². The third kappa shape index (κ3) is 3.87. The predicted octanol–water partition coefficient (Wildman–Crippen LogP) is 3.04. The van der Waals surface area contributed by atoms with Gasteiger partial charge in [0.15, 0.2) is 0 Å². The Balaban J connectivity index is 3.21. The van der Waals surface area contributed by atoms with E-state index in [0.717, 1.165) is 0 Å². The maximum atomic E-state index is 13.6. The molecule has 1 atom stereocenters. The fraction of sp³-hybridized carbons (Fsp3) is 0.417. The van der Waals surface area contributed by atoms with Crippen molar-refractivity contribution in [1.82, 2.24) is 0 Å². The van der Waals surface area contributed by atoms with Crippen LogP contribution in [0.25, 0.3) is 0 Å². The molecule has 1 aromatic rings. The average Bonchev–Trinajstić information content (AvgIpc) is 2.36. The van der Waals surface area contributed by atoms with Crippen molar-refractivity contribution in [1.29, 1.82) is 0 Å². The number of carbonyl (C=O) groups is 1. The van der Waals surface area contributed by atoms with E-state index in [1.807, 2.05) is 0 Å². The smallest absolute Gasteiger partial charge is 0.416 e. The minimum absolute atomic E-state index is 0.138. The number of rotatable bonds is 4. The second-order valence-corrected chi connectivity index (χ2v) is 4.09. The highest BCUT2D eigenvalue weighted by Gasteiger charge is 2.48. The van der Waals surface area contributed by atoms with Crippen molar-refractivity contribution in [3.05, 3.63) is 35.1 Å². The number of halogens is 6. The number of benzene rings is 1. The monoisotopic (exact) mass is 315 g/mol. The molecular formula is C12H11F6NO2. The number of nitrogens with two attached hydrogens (primary N) is 1. The van der Waals surface area contributed by atoms with Gasteiger partial charge in [0.25, 0.3) is 0 Å². The second kappa shape index (κ2) is 5.92. The second-order valence-electron chi connectivity index (χ2n) is 4.09. The molecule has 0 aliphatic heterocycles. The maximum absolute atomic E-state index is 13.6. The van der Waals surface area contributed by atoms with Crippen LogP contribution < -0.4 is 5.73 Å². The molecule has 21 heavy (non-hydrogen) atoms. The molecule has 1 rings (SSSR count). The summed E-state index contributed by atoms with van der Waals surface area (Å²) in [7, 11) is 0. The highest BCUT2D eigenvalue weighted by molar-refractivity contribution is 5.78. The van der Waals surface area contributed by atoms with E-state index in [1.54, 1.807) is 0 Å². The van der Waals surface area contributed by atoms with Crippen LogP contribution in [-0.4, -0.2) is 18.5 Å². The van der Waals surface area contributed by atoms with Crippen LogP contribution in [0.2, 0.25) is 0 Å². The van der Waals surface area contributed by atoms with Gasteiger partial charge in [-0.25, -0.2) is 9.18 Å². The van der Waals surface area contributed by atoms with Gasteiger partial charge in [0.2, 0.25) is 0 Å². The summed E-state index contributed by atoms with van der Waals surface area (Å²) >= 11 is 0. The van der Waals surface area contributed by atoms with E-state index >= 15 is 0 Å². The summed E-state index contributed by atoms with van der Waals surface area (Å²) in [6, 6.07) is -1.65. The van der Waals surface area contributed by atoms with Gasteiger partial charge in [0.05, 0.1) is 12.2 Å². The van der Waals surface area contributed by atoms with Crippen molar-refractivity contribution in [2.45, 2.75) is 25.1 Å². The molecule has 0 saturated carbocycles. The summed E-state index contributed by atoms with van der Waals surface area (Å²) in [4.78, 5) is 11.1. The largest absolute Gasteiger partial charge is 0.462 e. The summed E-state index contributed by atoms with van der Waals surface area (Å²) in [6.07, 6.45) is -4.93. The number of hydrogen-bond donors (Lipinski definition) is 1. The Hall–Kier alpha value is -1.77. The molecule has 1 aromatic carbocycles. The fourth-order valence-corrected chi connectivity index (χ4v) is 1.52. The highest BCUT2D eigenvalue weighted by atomic mass is 19.4. The quantitative estimate of drug-likeness (QED) is 0.686. The molecular weight excluding hydrogens is 304 g/mol. The van der Waals surface area contributed by atoms with Gasteiger partial charge in [-0.1, -0.05) is 0 Å². The van der Waals surface area contributed by atoms with Gasteiger partial charge >= 0.3 is 18.1 Å². The first kappa shape index (κ1) is 17.3. The Bertz CT molecular complexity index is 529. The van der Waals surface area contributed by atoms with E-state index in [2.05, 4.69) is 4.74 Å². The van der Waals surface area contributed by atoms with E-state index in [9.17, 15) is 31.1 Å². The number of ether oxygens (including phenoxy) is 1. The van der Waals surface area contributed by atoms with Crippen LogP contribution >= 0.6 is 0 Å². The maximum Gasteiger partial charge on any atom is 0.416 e. The predicted molar refractivity (Wildman–Crippen MR) is 59.9 cm³/mol. The van der Waals surface area contributed by atoms with Crippen LogP contribution in [0.4, 0.5) is 26.3 Å². The lowest BCUT2D eigenvalue weighted by Gasteiger charge is -2.22. The Morgan fingerprint density at radius 1 is 1.24 bits per heavy atom. The molecule has 3 nitrogen and oxygen atoms in total. The van der Waals surface area contributed by atoms with Gasteiger partial charge in [-0.2, -0.15) is 22.0 Å². The van der Waals surface area contributed by atoms with Gasteiger partial charge < -0.3 is 10.5 Å². The van der Waals surface area contributed by atoms with E-state index in [4.69, 9.17) is 5.73 Å². The number of hydrogen-bond acceptors (Lipinski definition) is 3. The Kier molecular flexibility index (Phi) is 4.87. The normalized spacial score (nSPS) is 13.9. The van der Waals surface area contributed by atoms with Gasteiger partial charge in [-0.15, -0.1) is 0 Å². The lowest BCUT2D eigenvalue weighted by molar-refractivity contribution is -0.174. The molecule has 0 aliphatic carbocycles. The Morgan fingerprint density at radius 3 is 2.29 bits per heavy atom. The molecule has 0 aliphatic rings. The molecule has 0 aromatic heterocycles. The third-order valence-electron chi connectivity index (χ3n) is 2.54. The number of alkyl halides is 5. The SMILES string of the molecule is CCOC(=O)C(F)(F)[C@H](N)c1cc(F)cc(C(F)(F)F)c1. The summed E-state index contributed by atoms with van der Waals surface area (Å²) < 4.78 is 82.0. The molecule has 0 radical (unpaired) electrons. The van der Waals surface area contributed by atoms with Gasteiger partial charge in [-0.05, 0) is 30.7 Å². The third-order valence-corrected chi connectivity index (χ3v) is 2.54. The van der Waals surface area contributed by atoms with E-state index in [-0.39, 0.29) is 18.7 Å². The first-order valence-electron chi connectivity index (χ1n) is 5.68. The zero-order valence-corrected chi connectivity index (χ0v) is 10.7. The molecule has 0 heterocycles. The van der Waals surface area contributed by atoms with Crippen molar-refractivity contribution in [3.8, 4) is 0 Å². The van der Waals surface area contributed by atoms with Crippen LogP contribution in [-0.2, 0) is 15.7 Å². The molecule has 9 heteroatoms. The van der Waals surface area contributed by atoms with Crippen LogP contribution in [0.5, 0.6) is 0 Å². The van der Waals surface area contributed by atoms with Crippen LogP contribution in [0.15, 0.2) is 18.2 Å². The molecule has 0 amide bonds. The zero-order chi connectivity index (χ0) is 16.4. The Morgan fingerprint density at radius 2 is 1.81 bits per heavy atom. The minimum atomic E-state index is -4.93. The van der Waals surface area contributed by atoms with Crippen molar-refractivity contribution in [2.75, 3.05) is 6.61 Å². The summed E-state index contributed by atoms with van der Waals surface area (Å²) in [5, 5.41) is 0. The van der Waals surface area contributed by atoms with Crippen molar-refractivity contribution in [3.63, 3.8) is 0 Å². The Labute approximate surface area is 115 Å². The van der Waals surface area contributed by atoms with Crippen molar-refractivity contribution >= 4 is 5.97 Å². The summed E-state index contributed by atoms with van der Waals surface area (Å²) in [5.74, 6) is -7.67. The fourth-order valence-electron chi connectivity index (χ4n) is 1.52. The molecule has 2 N–H and O–H groups in total. The summed E-state index contributed by atoms with van der Waals surface area (Å²) in [6.45, 7) is 0.904. The molecule has 0 fully saturated rings. The van der Waals surface area contributed by atoms with Crippen LogP contribution in [0.3, 0.4) is 0 Å². The lowest BCUT2D eigenvalue weighted by Crippen LogP contribution is -2.41. The zero-order valence-electron chi connectivity index (χ0n) is 10.7. The number of carbonyl (C=O) groups excluding carboxylic acids is 1. The van der Waals surface area contributed by atoms with Gasteiger partial charge in [-0.3, -0.25) is 0 Å². The molecule has 0 bridgehead atoms. The molecule has 118 valence electrons. The van der Waals surface area contributed by atoms with Crippen LogP contribution in [0.1, 0.15) is 24.1 Å². The lowest BCUT2D eigenvalue weighted by atomic mass is 9.99. The molecule has 0 saturated heterocycles. The van der Waals surface area contributed by atoms with Crippen molar-refractivity contribution in [2.24, 2.45) is 5.73 Å². The number of esters is 1. The topological polar surface area (TPSA) is 52.3 Å². The standard InChI is InChI=1S/C12H11F6NO2/c1-2-21-10(20)11(14,15)9(19)6-3-7(12(16,17)18)5-8(13)4-6/h3-5,9H,2,19H2,1H3/t9-/m1/s1. The first-order chi connectivity index (χ1) is 9.50. The van der Waals surface area contributed by atoms with Crippen LogP contribution in [0, 0.1) is 5.82 Å². The highest BCUT2D eigenvalue weighted by Crippen LogP contribution is 2.35. The average molecular weight is 315 g/mol. The molecule has 0 spiro atoms. The minimum Gasteiger partial charge on any atom is -0.462 e. The first-order valence-corrected chi connectivity index (χ1v) is 5.68. The van der Waals surface area contributed by atoms with E-state index in [0.29, 0.717) is 6.07 Å². The summed E-state index contributed by atoms with van der Waals surface area (Å²) in [5.41, 5.74) is 2.76. The van der Waals surface area contributed by atoms with Gasteiger partial charge in [0, 0.05) is 0 Å². The van der Waals surface area contributed by atoms with Gasteiger partial charge in [0.1, 0.15) is 11.9 Å². The molecule has 0 unspecified atom stereocenters.